The Labute approximate surface area is 114 Å². The van der Waals surface area contributed by atoms with Crippen LogP contribution in [0.1, 0.15) is 38.3 Å². The maximum absolute atomic E-state index is 12.7. The van der Waals surface area contributed by atoms with Crippen molar-refractivity contribution in [1.82, 2.24) is 5.32 Å². The van der Waals surface area contributed by atoms with Gasteiger partial charge in [0.15, 0.2) is 0 Å². The SMILES string of the molecule is CCNC(CC)C(C)S(=O)c1cc(C)ccc1C. The van der Waals surface area contributed by atoms with Crippen LogP contribution in [-0.4, -0.2) is 22.0 Å². The van der Waals surface area contributed by atoms with Gasteiger partial charge in [0.05, 0.1) is 16.0 Å². The number of aryl methyl sites for hydroxylation is 2. The molecule has 0 amide bonds. The van der Waals surface area contributed by atoms with E-state index in [0.29, 0.717) is 6.04 Å². The van der Waals surface area contributed by atoms with Gasteiger partial charge in [-0.3, -0.25) is 4.21 Å². The predicted molar refractivity (Wildman–Crippen MR) is 79.5 cm³/mol. The lowest BCUT2D eigenvalue weighted by atomic mass is 10.1. The zero-order valence-electron chi connectivity index (χ0n) is 12.1. The molecular weight excluding hydrogens is 242 g/mol. The molecule has 0 aliphatic carbocycles. The van der Waals surface area contributed by atoms with E-state index in [9.17, 15) is 4.21 Å². The maximum atomic E-state index is 12.7. The molecule has 1 aromatic rings. The minimum absolute atomic E-state index is 0.135. The second-order valence-corrected chi connectivity index (χ2v) is 6.62. The van der Waals surface area contributed by atoms with Crippen LogP contribution >= 0.6 is 0 Å². The summed E-state index contributed by atoms with van der Waals surface area (Å²) < 4.78 is 12.7. The normalized spacial score (nSPS) is 16.3. The van der Waals surface area contributed by atoms with Crippen LogP contribution in [0, 0.1) is 13.8 Å². The fraction of sp³-hybridized carbons (Fsp3) is 0.600. The monoisotopic (exact) mass is 267 g/mol. The van der Waals surface area contributed by atoms with Crippen LogP contribution in [0.15, 0.2) is 23.1 Å². The summed E-state index contributed by atoms with van der Waals surface area (Å²) in [5.41, 5.74) is 2.30. The number of hydrogen-bond acceptors (Lipinski definition) is 2. The Balaban J connectivity index is 2.95. The first-order valence-electron chi connectivity index (χ1n) is 6.72. The van der Waals surface area contributed by atoms with Gasteiger partial charge in [-0.25, -0.2) is 0 Å². The summed E-state index contributed by atoms with van der Waals surface area (Å²) in [6, 6.07) is 6.50. The van der Waals surface area contributed by atoms with Crippen LogP contribution in [0.5, 0.6) is 0 Å². The van der Waals surface area contributed by atoms with E-state index in [1.54, 1.807) is 0 Å². The average Bonchev–Trinajstić information content (AvgIpc) is 2.37. The van der Waals surface area contributed by atoms with Gasteiger partial charge in [0.2, 0.25) is 0 Å². The van der Waals surface area contributed by atoms with Crippen molar-refractivity contribution in [3.63, 3.8) is 0 Å². The van der Waals surface area contributed by atoms with E-state index in [1.165, 1.54) is 5.56 Å². The van der Waals surface area contributed by atoms with E-state index in [2.05, 4.69) is 44.3 Å². The molecule has 0 heterocycles. The Morgan fingerprint density at radius 3 is 2.50 bits per heavy atom. The average molecular weight is 267 g/mol. The Morgan fingerprint density at radius 2 is 1.94 bits per heavy atom. The maximum Gasteiger partial charge on any atom is 0.0576 e. The summed E-state index contributed by atoms with van der Waals surface area (Å²) in [6.45, 7) is 11.3. The third kappa shape index (κ3) is 3.66. The molecule has 0 saturated heterocycles. The summed E-state index contributed by atoms with van der Waals surface area (Å²) in [5, 5.41) is 3.56. The molecule has 0 aliphatic rings. The van der Waals surface area contributed by atoms with E-state index in [0.717, 1.165) is 23.4 Å². The molecule has 0 spiro atoms. The zero-order chi connectivity index (χ0) is 13.7. The molecule has 2 nitrogen and oxygen atoms in total. The zero-order valence-corrected chi connectivity index (χ0v) is 12.9. The van der Waals surface area contributed by atoms with Crippen molar-refractivity contribution in [1.29, 1.82) is 0 Å². The van der Waals surface area contributed by atoms with Crippen LogP contribution in [0.25, 0.3) is 0 Å². The standard InChI is InChI=1S/C15H25NOS/c1-6-14(16-7-2)13(5)18(17)15-10-11(3)8-9-12(15)4/h8-10,13-14,16H,6-7H2,1-5H3. The molecule has 0 aliphatic heterocycles. The van der Waals surface area contributed by atoms with Crippen molar-refractivity contribution < 1.29 is 4.21 Å². The molecule has 0 radical (unpaired) electrons. The molecule has 3 heteroatoms. The highest BCUT2D eigenvalue weighted by molar-refractivity contribution is 7.85. The summed E-state index contributed by atoms with van der Waals surface area (Å²) in [4.78, 5) is 0.985. The third-order valence-electron chi connectivity index (χ3n) is 3.37. The Bertz CT molecular complexity index is 417. The second kappa shape index (κ2) is 7.05. The minimum atomic E-state index is -0.944. The van der Waals surface area contributed by atoms with E-state index >= 15 is 0 Å². The highest BCUT2D eigenvalue weighted by Gasteiger charge is 2.22. The lowest BCUT2D eigenvalue weighted by molar-refractivity contribution is 0.500. The van der Waals surface area contributed by atoms with Crippen molar-refractivity contribution in [2.75, 3.05) is 6.54 Å². The first kappa shape index (κ1) is 15.4. The van der Waals surface area contributed by atoms with Gasteiger partial charge in [-0.05, 0) is 50.9 Å². The molecule has 102 valence electrons. The Kier molecular flexibility index (Phi) is 6.03. The van der Waals surface area contributed by atoms with E-state index in [1.807, 2.05) is 13.8 Å². The summed E-state index contributed by atoms with van der Waals surface area (Å²) in [5.74, 6) is 0. The Hall–Kier alpha value is -0.670. The molecule has 1 N–H and O–H groups in total. The molecule has 0 aromatic heterocycles. The van der Waals surface area contributed by atoms with Gasteiger partial charge in [0.25, 0.3) is 0 Å². The van der Waals surface area contributed by atoms with Gasteiger partial charge in [-0.2, -0.15) is 0 Å². The van der Waals surface area contributed by atoms with Crippen LogP contribution in [0.3, 0.4) is 0 Å². The number of rotatable bonds is 6. The lowest BCUT2D eigenvalue weighted by Gasteiger charge is -2.23. The molecule has 0 fully saturated rings. The molecular formula is C15H25NOS. The van der Waals surface area contributed by atoms with Crippen molar-refractivity contribution in [3.8, 4) is 0 Å². The van der Waals surface area contributed by atoms with Gasteiger partial charge in [-0.15, -0.1) is 0 Å². The van der Waals surface area contributed by atoms with E-state index < -0.39 is 10.8 Å². The van der Waals surface area contributed by atoms with Crippen molar-refractivity contribution in [2.45, 2.75) is 57.2 Å². The van der Waals surface area contributed by atoms with Crippen molar-refractivity contribution in [2.24, 2.45) is 0 Å². The molecule has 0 saturated carbocycles. The molecule has 1 rings (SSSR count). The van der Waals surface area contributed by atoms with Crippen LogP contribution in [-0.2, 0) is 10.8 Å². The highest BCUT2D eigenvalue weighted by atomic mass is 32.2. The first-order chi connectivity index (χ1) is 8.51. The molecule has 18 heavy (non-hydrogen) atoms. The molecule has 3 atom stereocenters. The number of benzene rings is 1. The van der Waals surface area contributed by atoms with E-state index in [-0.39, 0.29) is 5.25 Å². The van der Waals surface area contributed by atoms with Gasteiger partial charge in [-0.1, -0.05) is 26.0 Å². The van der Waals surface area contributed by atoms with Crippen LogP contribution in [0.2, 0.25) is 0 Å². The van der Waals surface area contributed by atoms with Gasteiger partial charge >= 0.3 is 0 Å². The molecule has 3 unspecified atom stereocenters. The van der Waals surface area contributed by atoms with Gasteiger partial charge in [0, 0.05) is 10.9 Å². The summed E-state index contributed by atoms with van der Waals surface area (Å²) in [6.07, 6.45) is 1.01. The molecule has 1 aromatic carbocycles. The quantitative estimate of drug-likeness (QED) is 0.857. The summed E-state index contributed by atoms with van der Waals surface area (Å²) >= 11 is 0. The number of hydrogen-bond donors (Lipinski definition) is 1. The van der Waals surface area contributed by atoms with Crippen molar-refractivity contribution >= 4 is 10.8 Å². The lowest BCUT2D eigenvalue weighted by Crippen LogP contribution is -2.40. The Morgan fingerprint density at radius 1 is 1.28 bits per heavy atom. The minimum Gasteiger partial charge on any atom is -0.313 e. The number of nitrogens with one attached hydrogen (secondary N) is 1. The fourth-order valence-electron chi connectivity index (χ4n) is 2.18. The smallest absolute Gasteiger partial charge is 0.0576 e. The first-order valence-corrected chi connectivity index (χ1v) is 7.93. The van der Waals surface area contributed by atoms with Gasteiger partial charge in [0.1, 0.15) is 0 Å². The highest BCUT2D eigenvalue weighted by Crippen LogP contribution is 2.20. The van der Waals surface area contributed by atoms with E-state index in [4.69, 9.17) is 0 Å². The van der Waals surface area contributed by atoms with Crippen LogP contribution in [0.4, 0.5) is 0 Å². The van der Waals surface area contributed by atoms with Crippen molar-refractivity contribution in [3.05, 3.63) is 29.3 Å². The predicted octanol–water partition coefficient (Wildman–Crippen LogP) is 3.19. The summed E-state index contributed by atoms with van der Waals surface area (Å²) in [7, 11) is -0.944. The second-order valence-electron chi connectivity index (χ2n) is 4.84. The largest absolute Gasteiger partial charge is 0.313 e. The third-order valence-corrected chi connectivity index (χ3v) is 5.25. The molecule has 0 bridgehead atoms. The fourth-order valence-corrected chi connectivity index (χ4v) is 3.85. The topological polar surface area (TPSA) is 29.1 Å². The van der Waals surface area contributed by atoms with Gasteiger partial charge < -0.3 is 5.32 Å². The van der Waals surface area contributed by atoms with Crippen LogP contribution < -0.4 is 5.32 Å².